The summed E-state index contributed by atoms with van der Waals surface area (Å²) in [6, 6.07) is 0. The van der Waals surface area contributed by atoms with Crippen LogP contribution in [0.1, 0.15) is 459 Å². The second-order valence-corrected chi connectivity index (χ2v) is 34.6. The van der Waals surface area contributed by atoms with E-state index in [-0.39, 0.29) is 25.7 Å². The number of ether oxygens (including phenoxy) is 4. The smallest absolute Gasteiger partial charge is 0.462 e. The molecule has 19 heteroatoms. The Balaban J connectivity index is 5.23. The first-order valence-electron chi connectivity index (χ1n) is 44.5. The summed E-state index contributed by atoms with van der Waals surface area (Å²) in [4.78, 5) is 73.2. The van der Waals surface area contributed by atoms with E-state index >= 15 is 0 Å². The van der Waals surface area contributed by atoms with Crippen molar-refractivity contribution in [1.29, 1.82) is 0 Å². The van der Waals surface area contributed by atoms with Gasteiger partial charge in [0.1, 0.15) is 19.3 Å². The molecular weight excluding hydrogens is 1370 g/mol. The van der Waals surface area contributed by atoms with E-state index in [1.54, 1.807) is 0 Å². The highest BCUT2D eigenvalue weighted by molar-refractivity contribution is 7.47. The maximum absolute atomic E-state index is 13.2. The number of hydrogen-bond acceptors (Lipinski definition) is 15. The molecule has 0 radical (unpaired) electrons. The van der Waals surface area contributed by atoms with Crippen molar-refractivity contribution in [2.24, 2.45) is 11.8 Å². The molecule has 0 saturated carbocycles. The zero-order valence-electron chi connectivity index (χ0n) is 69.0. The average molecular weight is 1540 g/mol. The minimum absolute atomic E-state index is 0.107. The summed E-state index contributed by atoms with van der Waals surface area (Å²) >= 11 is 0. The van der Waals surface area contributed by atoms with E-state index < -0.39 is 97.5 Å². The van der Waals surface area contributed by atoms with Crippen molar-refractivity contribution >= 4 is 39.5 Å². The van der Waals surface area contributed by atoms with Crippen molar-refractivity contribution in [3.05, 3.63) is 0 Å². The van der Waals surface area contributed by atoms with Gasteiger partial charge in [-0.3, -0.25) is 37.3 Å². The third kappa shape index (κ3) is 78.5. The molecule has 105 heavy (non-hydrogen) atoms. The minimum Gasteiger partial charge on any atom is -0.462 e. The number of carbonyl (C=O) groups is 4. The van der Waals surface area contributed by atoms with Gasteiger partial charge in [-0.05, 0) is 37.5 Å². The first kappa shape index (κ1) is 103. The number of esters is 4. The third-order valence-electron chi connectivity index (χ3n) is 20.6. The van der Waals surface area contributed by atoms with Gasteiger partial charge in [0.15, 0.2) is 12.2 Å². The van der Waals surface area contributed by atoms with Crippen LogP contribution < -0.4 is 0 Å². The fraction of sp³-hybridized carbons (Fsp3) is 0.953. The Bertz CT molecular complexity index is 2010. The van der Waals surface area contributed by atoms with Gasteiger partial charge >= 0.3 is 39.5 Å². The van der Waals surface area contributed by atoms with Crippen LogP contribution in [0.5, 0.6) is 0 Å². The normalized spacial score (nSPS) is 14.1. The molecule has 0 aromatic rings. The summed E-state index contributed by atoms with van der Waals surface area (Å²) in [5.41, 5.74) is 0. The molecule has 0 aromatic heterocycles. The molecule has 0 rings (SSSR count). The summed E-state index contributed by atoms with van der Waals surface area (Å²) in [6.45, 7) is 9.72. The number of phosphoric acid groups is 2. The molecule has 0 spiro atoms. The second kappa shape index (κ2) is 77.4. The topological polar surface area (TPSA) is 237 Å². The molecule has 0 aliphatic heterocycles. The fourth-order valence-electron chi connectivity index (χ4n) is 13.4. The molecule has 3 N–H and O–H groups in total. The third-order valence-corrected chi connectivity index (χ3v) is 22.5. The predicted molar refractivity (Wildman–Crippen MR) is 432 cm³/mol. The second-order valence-electron chi connectivity index (χ2n) is 31.6. The predicted octanol–water partition coefficient (Wildman–Crippen LogP) is 26.2. The lowest BCUT2D eigenvalue weighted by atomic mass is 9.99. The van der Waals surface area contributed by atoms with Crippen LogP contribution in [-0.4, -0.2) is 96.7 Å². The van der Waals surface area contributed by atoms with Crippen LogP contribution in [0.3, 0.4) is 0 Å². The molecule has 0 aliphatic carbocycles. The molecule has 3 unspecified atom stereocenters. The average Bonchev–Trinajstić information content (AvgIpc) is 0.903. The summed E-state index contributed by atoms with van der Waals surface area (Å²) in [7, 11) is -9.93. The molecule has 0 aliphatic rings. The van der Waals surface area contributed by atoms with E-state index in [4.69, 9.17) is 37.0 Å². The fourth-order valence-corrected chi connectivity index (χ4v) is 15.0. The number of hydrogen-bond donors (Lipinski definition) is 3. The van der Waals surface area contributed by atoms with Crippen molar-refractivity contribution in [3.8, 4) is 0 Å². The standard InChI is InChI=1S/C86H168O17P2/c1-7-10-12-14-16-18-20-21-22-23-24-25-26-27-32-35-39-46-52-58-64-70-85(90)102-81(75-97-84(89)69-63-57-51-45-38-34-31-29-28-30-33-37-42-48-54-60-66-78(4)5)76-100-104(92,93)98-72-80(87)73-99-105(94,95)101-77-82(74-96-83(88)68-62-56-50-44-36-19-17-15-13-11-8-2)103-86(91)71-65-59-53-47-41-40-43-49-55-61-67-79(6)9-3/h78-82,87H,7-77H2,1-6H3,(H,92,93)(H,94,95)/t79?,80-,81-,82-/m1/s1. The number of rotatable bonds is 85. The van der Waals surface area contributed by atoms with Gasteiger partial charge < -0.3 is 33.8 Å². The lowest BCUT2D eigenvalue weighted by molar-refractivity contribution is -0.161. The highest BCUT2D eigenvalue weighted by atomic mass is 31.2. The number of unbranched alkanes of at least 4 members (excludes halogenated alkanes) is 54. The van der Waals surface area contributed by atoms with Crippen molar-refractivity contribution in [1.82, 2.24) is 0 Å². The number of carbonyl (C=O) groups excluding carboxylic acids is 4. The lowest BCUT2D eigenvalue weighted by Gasteiger charge is -2.21. The number of aliphatic hydroxyl groups is 1. The molecule has 0 saturated heterocycles. The summed E-state index contributed by atoms with van der Waals surface area (Å²) < 4.78 is 68.9. The molecule has 0 fully saturated rings. The summed E-state index contributed by atoms with van der Waals surface area (Å²) in [6.07, 6.45) is 69.4. The van der Waals surface area contributed by atoms with Gasteiger partial charge in [0.25, 0.3) is 0 Å². The van der Waals surface area contributed by atoms with Gasteiger partial charge in [0, 0.05) is 25.7 Å². The Kier molecular flexibility index (Phi) is 76.0. The number of aliphatic hydroxyl groups excluding tert-OH is 1. The Morgan fingerprint density at radius 3 is 0.724 bits per heavy atom. The van der Waals surface area contributed by atoms with Crippen LogP contribution in [0, 0.1) is 11.8 Å². The number of phosphoric ester groups is 2. The molecule has 0 amide bonds. The lowest BCUT2D eigenvalue weighted by Crippen LogP contribution is -2.30. The first-order valence-corrected chi connectivity index (χ1v) is 47.5. The van der Waals surface area contributed by atoms with E-state index in [0.717, 1.165) is 102 Å². The van der Waals surface area contributed by atoms with E-state index in [2.05, 4.69) is 41.5 Å². The summed E-state index contributed by atoms with van der Waals surface area (Å²) in [5.74, 6) is -0.486. The van der Waals surface area contributed by atoms with Crippen LogP contribution in [0.25, 0.3) is 0 Å². The van der Waals surface area contributed by atoms with E-state index in [1.807, 2.05) is 0 Å². The maximum Gasteiger partial charge on any atom is 0.472 e. The van der Waals surface area contributed by atoms with E-state index in [1.165, 1.54) is 276 Å². The van der Waals surface area contributed by atoms with Crippen LogP contribution in [0.4, 0.5) is 0 Å². The van der Waals surface area contributed by atoms with Gasteiger partial charge in [0.2, 0.25) is 0 Å². The Morgan fingerprint density at radius 2 is 0.486 bits per heavy atom. The Morgan fingerprint density at radius 1 is 0.276 bits per heavy atom. The van der Waals surface area contributed by atoms with Crippen LogP contribution in [0.2, 0.25) is 0 Å². The zero-order chi connectivity index (χ0) is 77.1. The van der Waals surface area contributed by atoms with Gasteiger partial charge in [-0.25, -0.2) is 9.13 Å². The molecule has 624 valence electrons. The molecule has 0 bridgehead atoms. The van der Waals surface area contributed by atoms with Crippen molar-refractivity contribution in [2.45, 2.75) is 477 Å². The highest BCUT2D eigenvalue weighted by Crippen LogP contribution is 2.45. The van der Waals surface area contributed by atoms with Gasteiger partial charge in [-0.2, -0.15) is 0 Å². The maximum atomic E-state index is 13.2. The Labute approximate surface area is 645 Å². The molecule has 6 atom stereocenters. The van der Waals surface area contributed by atoms with Gasteiger partial charge in [-0.15, -0.1) is 0 Å². The minimum atomic E-state index is -4.97. The van der Waals surface area contributed by atoms with Gasteiger partial charge in [-0.1, -0.05) is 408 Å². The van der Waals surface area contributed by atoms with Crippen LogP contribution in [-0.2, 0) is 65.4 Å². The first-order chi connectivity index (χ1) is 50.9. The van der Waals surface area contributed by atoms with Gasteiger partial charge in [0.05, 0.1) is 26.4 Å². The van der Waals surface area contributed by atoms with E-state index in [0.29, 0.717) is 25.7 Å². The van der Waals surface area contributed by atoms with Crippen LogP contribution in [0.15, 0.2) is 0 Å². The molecule has 0 heterocycles. The SMILES string of the molecule is CCCCCCCCCCCCCCCCCCCCCCCC(=O)O[C@H](COC(=O)CCCCCCCCCCCCCCCCCCC(C)C)COP(=O)(O)OC[C@@H](O)COP(=O)(O)OC[C@@H](COC(=O)CCCCCCCCCCCCC)OC(=O)CCCCCCCCCCCCC(C)CC. The largest absolute Gasteiger partial charge is 0.472 e. The molecule has 17 nitrogen and oxygen atoms in total. The Hall–Kier alpha value is -1.94. The molecule has 0 aromatic carbocycles. The zero-order valence-corrected chi connectivity index (χ0v) is 70.8. The quantitative estimate of drug-likeness (QED) is 0.0222. The summed E-state index contributed by atoms with van der Waals surface area (Å²) in [5, 5.41) is 10.7. The van der Waals surface area contributed by atoms with E-state index in [9.17, 15) is 43.2 Å². The van der Waals surface area contributed by atoms with Crippen molar-refractivity contribution in [2.75, 3.05) is 39.6 Å². The van der Waals surface area contributed by atoms with Crippen LogP contribution >= 0.6 is 15.6 Å². The van der Waals surface area contributed by atoms with Crippen molar-refractivity contribution in [3.63, 3.8) is 0 Å². The molecular formula is C86H168O17P2. The monoisotopic (exact) mass is 1540 g/mol. The van der Waals surface area contributed by atoms with Crippen molar-refractivity contribution < 1.29 is 80.2 Å². The highest BCUT2D eigenvalue weighted by Gasteiger charge is 2.30.